The predicted molar refractivity (Wildman–Crippen MR) is 74.4 cm³/mol. The van der Waals surface area contributed by atoms with Crippen LogP contribution < -0.4 is 5.32 Å². The first-order chi connectivity index (χ1) is 9.31. The van der Waals surface area contributed by atoms with E-state index in [1.165, 1.54) is 12.8 Å². The van der Waals surface area contributed by atoms with Gasteiger partial charge in [-0.1, -0.05) is 12.1 Å². The molecule has 1 unspecified atom stereocenters. The fourth-order valence-corrected chi connectivity index (χ4v) is 2.73. The van der Waals surface area contributed by atoms with Crippen molar-refractivity contribution < 1.29 is 9.84 Å². The summed E-state index contributed by atoms with van der Waals surface area (Å²) in [5, 5.41) is 12.7. The molecule has 1 atom stereocenters. The molecule has 4 nitrogen and oxygen atoms in total. The number of phenolic OH excluding ortho intramolecular Hbond substituents is 1. The summed E-state index contributed by atoms with van der Waals surface area (Å²) in [7, 11) is 0. The molecule has 3 rings (SSSR count). The Hall–Kier alpha value is -1.55. The van der Waals surface area contributed by atoms with E-state index in [1.807, 2.05) is 12.1 Å². The third-order valence-electron chi connectivity index (χ3n) is 3.90. The SMILES string of the molecule is Oc1ccc(C2CN=C(CC3CCNCC3)O2)cc1. The smallest absolute Gasteiger partial charge is 0.184 e. The van der Waals surface area contributed by atoms with Crippen molar-refractivity contribution in [2.45, 2.75) is 25.4 Å². The number of aromatic hydroxyl groups is 1. The quantitative estimate of drug-likeness (QED) is 0.876. The number of nitrogens with one attached hydrogen (secondary N) is 1. The van der Waals surface area contributed by atoms with Crippen molar-refractivity contribution in [2.75, 3.05) is 19.6 Å². The van der Waals surface area contributed by atoms with Gasteiger partial charge in [0.2, 0.25) is 0 Å². The van der Waals surface area contributed by atoms with Gasteiger partial charge in [0, 0.05) is 6.42 Å². The molecule has 102 valence electrons. The molecule has 2 heterocycles. The summed E-state index contributed by atoms with van der Waals surface area (Å²) in [6.07, 6.45) is 3.42. The Morgan fingerprint density at radius 3 is 2.68 bits per heavy atom. The van der Waals surface area contributed by atoms with Crippen LogP contribution in [-0.2, 0) is 4.74 Å². The van der Waals surface area contributed by atoms with Gasteiger partial charge in [-0.25, -0.2) is 0 Å². The second kappa shape index (κ2) is 5.61. The summed E-state index contributed by atoms with van der Waals surface area (Å²) in [6, 6.07) is 7.21. The van der Waals surface area contributed by atoms with Crippen molar-refractivity contribution in [2.24, 2.45) is 10.9 Å². The topological polar surface area (TPSA) is 53.9 Å². The molecule has 1 saturated heterocycles. The van der Waals surface area contributed by atoms with E-state index in [0.29, 0.717) is 12.5 Å². The van der Waals surface area contributed by atoms with Gasteiger partial charge in [-0.3, -0.25) is 4.99 Å². The third kappa shape index (κ3) is 3.07. The molecule has 1 aromatic rings. The van der Waals surface area contributed by atoms with E-state index in [2.05, 4.69) is 10.3 Å². The van der Waals surface area contributed by atoms with Crippen LogP contribution in [0, 0.1) is 5.92 Å². The minimum absolute atomic E-state index is 0.0253. The molecule has 2 aliphatic heterocycles. The van der Waals surface area contributed by atoms with Crippen LogP contribution >= 0.6 is 0 Å². The van der Waals surface area contributed by atoms with Crippen molar-refractivity contribution in [3.63, 3.8) is 0 Å². The number of phenols is 1. The van der Waals surface area contributed by atoms with E-state index < -0.39 is 0 Å². The highest BCUT2D eigenvalue weighted by molar-refractivity contribution is 5.78. The van der Waals surface area contributed by atoms with Gasteiger partial charge in [0.25, 0.3) is 0 Å². The highest BCUT2D eigenvalue weighted by Crippen LogP contribution is 2.27. The number of ether oxygens (including phenoxy) is 1. The largest absolute Gasteiger partial charge is 0.508 e. The van der Waals surface area contributed by atoms with Crippen molar-refractivity contribution in [1.82, 2.24) is 5.32 Å². The molecular formula is C15H20N2O2. The Morgan fingerprint density at radius 1 is 1.21 bits per heavy atom. The molecule has 2 aliphatic rings. The van der Waals surface area contributed by atoms with Crippen molar-refractivity contribution in [3.8, 4) is 5.75 Å². The Bertz CT molecular complexity index is 450. The Morgan fingerprint density at radius 2 is 1.95 bits per heavy atom. The molecule has 0 aromatic heterocycles. The molecule has 2 N–H and O–H groups in total. The maximum Gasteiger partial charge on any atom is 0.184 e. The number of piperidine rings is 1. The summed E-state index contributed by atoms with van der Waals surface area (Å²) >= 11 is 0. The number of nitrogens with zero attached hydrogens (tertiary/aromatic N) is 1. The van der Waals surface area contributed by atoms with Gasteiger partial charge in [0.05, 0.1) is 6.54 Å². The zero-order valence-electron chi connectivity index (χ0n) is 11.0. The second-order valence-electron chi connectivity index (χ2n) is 5.33. The van der Waals surface area contributed by atoms with E-state index in [4.69, 9.17) is 4.74 Å². The molecule has 1 fully saturated rings. The second-order valence-corrected chi connectivity index (χ2v) is 5.33. The summed E-state index contributed by atoms with van der Waals surface area (Å²) in [6.45, 7) is 2.92. The number of benzene rings is 1. The third-order valence-corrected chi connectivity index (χ3v) is 3.90. The lowest BCUT2D eigenvalue weighted by atomic mass is 9.95. The molecule has 0 aliphatic carbocycles. The number of aliphatic imine (C=N–C) groups is 1. The fraction of sp³-hybridized carbons (Fsp3) is 0.533. The normalized spacial score (nSPS) is 24.0. The number of hydrogen-bond acceptors (Lipinski definition) is 4. The van der Waals surface area contributed by atoms with E-state index in [0.717, 1.165) is 31.0 Å². The van der Waals surface area contributed by atoms with E-state index in [-0.39, 0.29) is 11.9 Å². The van der Waals surface area contributed by atoms with E-state index in [9.17, 15) is 5.11 Å². The van der Waals surface area contributed by atoms with Crippen LogP contribution in [-0.4, -0.2) is 30.6 Å². The van der Waals surface area contributed by atoms with Gasteiger partial charge < -0.3 is 15.2 Å². The van der Waals surface area contributed by atoms with Gasteiger partial charge in [-0.2, -0.15) is 0 Å². The van der Waals surface area contributed by atoms with Crippen molar-refractivity contribution in [3.05, 3.63) is 29.8 Å². The first kappa shape index (κ1) is 12.5. The predicted octanol–water partition coefficient (Wildman–Crippen LogP) is 2.25. The van der Waals surface area contributed by atoms with Crippen molar-refractivity contribution >= 4 is 5.90 Å². The Labute approximate surface area is 113 Å². The van der Waals surface area contributed by atoms with Crippen LogP contribution in [0.15, 0.2) is 29.3 Å². The first-order valence-corrected chi connectivity index (χ1v) is 7.01. The highest BCUT2D eigenvalue weighted by atomic mass is 16.5. The summed E-state index contributed by atoms with van der Waals surface area (Å²) in [5.41, 5.74) is 1.09. The first-order valence-electron chi connectivity index (χ1n) is 7.01. The van der Waals surface area contributed by atoms with Gasteiger partial charge in [0.1, 0.15) is 11.9 Å². The molecule has 4 heteroatoms. The van der Waals surface area contributed by atoms with E-state index in [1.54, 1.807) is 12.1 Å². The van der Waals surface area contributed by atoms with E-state index >= 15 is 0 Å². The van der Waals surface area contributed by atoms with Crippen LogP contribution in [0.2, 0.25) is 0 Å². The molecule has 0 amide bonds. The zero-order valence-corrected chi connectivity index (χ0v) is 11.0. The molecule has 1 aromatic carbocycles. The molecule has 0 saturated carbocycles. The highest BCUT2D eigenvalue weighted by Gasteiger charge is 2.24. The average molecular weight is 260 g/mol. The van der Waals surface area contributed by atoms with Crippen LogP contribution in [0.1, 0.15) is 30.9 Å². The average Bonchev–Trinajstić information content (AvgIpc) is 2.89. The van der Waals surface area contributed by atoms with Crippen LogP contribution in [0.4, 0.5) is 0 Å². The van der Waals surface area contributed by atoms with Gasteiger partial charge in [-0.15, -0.1) is 0 Å². The van der Waals surface area contributed by atoms with Crippen LogP contribution in [0.25, 0.3) is 0 Å². The summed E-state index contributed by atoms with van der Waals surface area (Å²) in [5.74, 6) is 1.90. The minimum Gasteiger partial charge on any atom is -0.508 e. The van der Waals surface area contributed by atoms with Gasteiger partial charge in [0.15, 0.2) is 5.90 Å². The number of hydrogen-bond donors (Lipinski definition) is 2. The lowest BCUT2D eigenvalue weighted by Crippen LogP contribution is -2.29. The molecule has 0 spiro atoms. The molecular weight excluding hydrogens is 240 g/mol. The summed E-state index contributed by atoms with van der Waals surface area (Å²) in [4.78, 5) is 4.52. The van der Waals surface area contributed by atoms with Gasteiger partial charge >= 0.3 is 0 Å². The Kier molecular flexibility index (Phi) is 3.69. The number of rotatable bonds is 3. The maximum atomic E-state index is 9.29. The monoisotopic (exact) mass is 260 g/mol. The summed E-state index contributed by atoms with van der Waals surface area (Å²) < 4.78 is 5.94. The zero-order chi connectivity index (χ0) is 13.1. The molecule has 0 radical (unpaired) electrons. The fourth-order valence-electron chi connectivity index (χ4n) is 2.73. The van der Waals surface area contributed by atoms with Crippen LogP contribution in [0.3, 0.4) is 0 Å². The lowest BCUT2D eigenvalue weighted by Gasteiger charge is -2.22. The minimum atomic E-state index is 0.0253. The maximum absolute atomic E-state index is 9.29. The van der Waals surface area contributed by atoms with Gasteiger partial charge in [-0.05, 0) is 49.5 Å². The standard InChI is InChI=1S/C15H20N2O2/c18-13-3-1-12(2-4-13)14-10-17-15(19-14)9-11-5-7-16-8-6-11/h1-4,11,14,16,18H,5-10H2. The Balaban J connectivity index is 1.55. The van der Waals surface area contributed by atoms with Crippen LogP contribution in [0.5, 0.6) is 5.75 Å². The lowest BCUT2D eigenvalue weighted by molar-refractivity contribution is 0.216. The molecule has 0 bridgehead atoms. The van der Waals surface area contributed by atoms with Crippen molar-refractivity contribution in [1.29, 1.82) is 0 Å². The molecule has 19 heavy (non-hydrogen) atoms.